The highest BCUT2D eigenvalue weighted by Gasteiger charge is 2.45. The van der Waals surface area contributed by atoms with Gasteiger partial charge in [0.2, 0.25) is 5.92 Å². The Labute approximate surface area is 229 Å². The van der Waals surface area contributed by atoms with E-state index < -0.39 is 17.4 Å². The van der Waals surface area contributed by atoms with Crippen LogP contribution in [0.5, 0.6) is 11.5 Å². The molecule has 9 heteroatoms. The fourth-order valence-electron chi connectivity index (χ4n) is 5.38. The van der Waals surface area contributed by atoms with Crippen LogP contribution in [-0.4, -0.2) is 26.4 Å². The second kappa shape index (κ2) is 9.66. The molecule has 1 aliphatic rings. The monoisotopic (exact) mass is 552 g/mol. The number of aromatic nitrogens is 2. The van der Waals surface area contributed by atoms with Crippen molar-refractivity contribution < 1.29 is 27.8 Å². The van der Waals surface area contributed by atoms with Gasteiger partial charge in [0.15, 0.2) is 5.78 Å². The first kappa shape index (κ1) is 27.7. The number of fused-ring (bicyclic) bond motifs is 1. The van der Waals surface area contributed by atoms with Crippen molar-refractivity contribution in [3.05, 3.63) is 81.2 Å². The number of nitrogens with one attached hydrogen (secondary N) is 1. The second-order valence-electron chi connectivity index (χ2n) is 11.4. The van der Waals surface area contributed by atoms with Gasteiger partial charge in [-0.05, 0) is 80.6 Å². The van der Waals surface area contributed by atoms with Crippen LogP contribution >= 0.6 is 0 Å². The van der Waals surface area contributed by atoms with Gasteiger partial charge in [0.05, 0.1) is 22.2 Å². The summed E-state index contributed by atoms with van der Waals surface area (Å²) in [5, 5.41) is 11.0. The number of pyridine rings is 1. The minimum Gasteiger partial charge on any atom is -0.456 e. The fourth-order valence-corrected chi connectivity index (χ4v) is 5.38. The molecule has 40 heavy (non-hydrogen) atoms. The van der Waals surface area contributed by atoms with Gasteiger partial charge in [0.25, 0.3) is 5.56 Å². The molecule has 1 saturated carbocycles. The zero-order valence-electron chi connectivity index (χ0n) is 23.0. The topological polar surface area (TPSA) is 84.3 Å². The van der Waals surface area contributed by atoms with Crippen molar-refractivity contribution in [1.82, 2.24) is 9.55 Å². The first-order valence-electron chi connectivity index (χ1n) is 13.1. The lowest BCUT2D eigenvalue weighted by Gasteiger charge is -2.34. The molecule has 4 aromatic rings. The average Bonchev–Trinajstić information content (AvgIpc) is 3.28. The molecule has 0 radical (unpaired) electrons. The van der Waals surface area contributed by atoms with Gasteiger partial charge in [-0.2, -0.15) is 0 Å². The molecule has 2 aromatic heterocycles. The molecular weight excluding hydrogens is 521 g/mol. The highest BCUT2D eigenvalue weighted by Crippen LogP contribution is 2.45. The van der Waals surface area contributed by atoms with Crippen molar-refractivity contribution in [3.63, 3.8) is 0 Å². The fraction of sp³-hybridized carbons (Fsp3) is 0.355. The number of alkyl halides is 2. The lowest BCUT2D eigenvalue weighted by atomic mass is 9.78. The maximum Gasteiger partial charge on any atom is 0.259 e. The maximum atomic E-state index is 14.0. The minimum atomic E-state index is -2.72. The van der Waals surface area contributed by atoms with Crippen molar-refractivity contribution in [1.29, 1.82) is 0 Å². The number of benzene rings is 2. The van der Waals surface area contributed by atoms with E-state index in [4.69, 9.17) is 4.74 Å². The van der Waals surface area contributed by atoms with Gasteiger partial charge in [-0.15, -0.1) is 0 Å². The lowest BCUT2D eigenvalue weighted by molar-refractivity contribution is -0.109. The number of Topliss-reactive ketones (excluding diaryl/α,β-unsaturated/α-hetero) is 1. The summed E-state index contributed by atoms with van der Waals surface area (Å²) in [6.07, 6.45) is 0.934. The van der Waals surface area contributed by atoms with Gasteiger partial charge in [-0.1, -0.05) is 6.07 Å². The molecule has 1 aliphatic carbocycles. The Hall–Kier alpha value is -3.85. The van der Waals surface area contributed by atoms with E-state index in [9.17, 15) is 27.9 Å². The van der Waals surface area contributed by atoms with E-state index in [1.807, 2.05) is 0 Å². The van der Waals surface area contributed by atoms with Crippen LogP contribution in [-0.2, 0) is 12.6 Å². The number of nitrogens with zero attached hydrogens (tertiary/aromatic N) is 1. The predicted molar refractivity (Wildman–Crippen MR) is 147 cm³/mol. The number of carbonyl (C=O) groups excluding carboxylic acids is 1. The Kier molecular flexibility index (Phi) is 6.69. The van der Waals surface area contributed by atoms with E-state index in [-0.39, 0.29) is 47.5 Å². The van der Waals surface area contributed by atoms with Crippen LogP contribution in [0.15, 0.2) is 47.4 Å². The number of aryl methyl sites for hydroxylation is 3. The molecule has 2 N–H and O–H groups in total. The van der Waals surface area contributed by atoms with E-state index in [0.29, 0.717) is 44.8 Å². The van der Waals surface area contributed by atoms with E-state index >= 15 is 0 Å². The minimum absolute atomic E-state index is 0.0380. The Morgan fingerprint density at radius 1 is 1.12 bits per heavy atom. The molecule has 6 nitrogen and oxygen atoms in total. The lowest BCUT2D eigenvalue weighted by Crippen LogP contribution is -2.36. The highest BCUT2D eigenvalue weighted by atomic mass is 19.3. The number of ketones is 1. The SMILES string of the molecule is Cc1cc(F)cc(C)c1Oc1ccc(C(C)(C)O)cc1-c1cn(C)c(=O)c2cc(C(=O)CC3CC(F)(F)C3)[nH]c12. The second-order valence-corrected chi connectivity index (χ2v) is 11.4. The van der Waals surface area contributed by atoms with Crippen LogP contribution in [0.2, 0.25) is 0 Å². The summed E-state index contributed by atoms with van der Waals surface area (Å²) in [5.41, 5.74) is 1.85. The third-order valence-electron chi connectivity index (χ3n) is 7.52. The van der Waals surface area contributed by atoms with Crippen molar-refractivity contribution in [2.75, 3.05) is 0 Å². The van der Waals surface area contributed by atoms with Gasteiger partial charge in [0, 0.05) is 43.6 Å². The van der Waals surface area contributed by atoms with Gasteiger partial charge in [-0.3, -0.25) is 9.59 Å². The normalized spacial score (nSPS) is 15.3. The molecule has 2 aromatic carbocycles. The number of rotatable bonds is 7. The van der Waals surface area contributed by atoms with Crippen LogP contribution < -0.4 is 10.3 Å². The van der Waals surface area contributed by atoms with Gasteiger partial charge < -0.3 is 19.4 Å². The number of hydrogen-bond donors (Lipinski definition) is 2. The number of ether oxygens (including phenoxy) is 1. The first-order valence-corrected chi connectivity index (χ1v) is 13.1. The maximum absolute atomic E-state index is 14.0. The summed E-state index contributed by atoms with van der Waals surface area (Å²) < 4.78 is 48.3. The van der Waals surface area contributed by atoms with E-state index in [1.165, 1.54) is 22.8 Å². The molecule has 0 amide bonds. The zero-order valence-corrected chi connectivity index (χ0v) is 23.0. The Bertz CT molecular complexity index is 1680. The summed E-state index contributed by atoms with van der Waals surface area (Å²) in [6.45, 7) is 6.77. The standard InChI is InChI=1S/C31H31F3N2O4/c1-16-8-20(32)9-17(2)28(16)40-26-7-6-19(30(3,4)39)11-21(26)23-15-36(5)29(38)22-12-24(35-27(22)23)25(37)10-18-13-31(33,34)14-18/h6-9,11-12,15,18,35,39H,10,13-14H2,1-5H3. The van der Waals surface area contributed by atoms with Crippen LogP contribution in [0.3, 0.4) is 0 Å². The largest absolute Gasteiger partial charge is 0.456 e. The number of halogens is 3. The summed E-state index contributed by atoms with van der Waals surface area (Å²) in [4.78, 5) is 29.1. The van der Waals surface area contributed by atoms with Crippen LogP contribution in [0, 0.1) is 25.6 Å². The molecule has 0 bridgehead atoms. The molecule has 210 valence electrons. The number of H-pyrrole nitrogens is 1. The predicted octanol–water partition coefficient (Wildman–Crippen LogP) is 6.93. The molecule has 0 saturated heterocycles. The first-order chi connectivity index (χ1) is 18.6. The molecule has 0 spiro atoms. The molecule has 1 fully saturated rings. The number of hydrogen-bond acceptors (Lipinski definition) is 4. The van der Waals surface area contributed by atoms with Crippen LogP contribution in [0.4, 0.5) is 13.2 Å². The summed E-state index contributed by atoms with van der Waals surface area (Å²) in [7, 11) is 1.59. The zero-order chi connectivity index (χ0) is 29.1. The van der Waals surface area contributed by atoms with Crippen molar-refractivity contribution >= 4 is 16.7 Å². The number of aromatic amines is 1. The van der Waals surface area contributed by atoms with Crippen LogP contribution in [0.1, 0.15) is 60.3 Å². The Morgan fingerprint density at radius 2 is 1.77 bits per heavy atom. The van der Waals surface area contributed by atoms with Crippen molar-refractivity contribution in [3.8, 4) is 22.6 Å². The quantitative estimate of drug-likeness (QED) is 0.244. The molecule has 0 aliphatic heterocycles. The van der Waals surface area contributed by atoms with Crippen LogP contribution in [0.25, 0.3) is 22.0 Å². The molecular formula is C31H31F3N2O4. The highest BCUT2D eigenvalue weighted by molar-refractivity contribution is 6.03. The summed E-state index contributed by atoms with van der Waals surface area (Å²) >= 11 is 0. The van der Waals surface area contributed by atoms with Gasteiger partial charge >= 0.3 is 0 Å². The van der Waals surface area contributed by atoms with E-state index in [0.717, 1.165) is 0 Å². The van der Waals surface area contributed by atoms with E-state index in [2.05, 4.69) is 4.98 Å². The Balaban J connectivity index is 1.65. The smallest absolute Gasteiger partial charge is 0.259 e. The number of carbonyl (C=O) groups is 1. The molecule has 2 heterocycles. The summed E-state index contributed by atoms with van der Waals surface area (Å²) in [5.74, 6) is -2.98. The summed E-state index contributed by atoms with van der Waals surface area (Å²) in [6, 6.07) is 9.39. The number of aliphatic hydroxyl groups is 1. The molecule has 0 unspecified atom stereocenters. The average molecular weight is 553 g/mol. The third kappa shape index (κ3) is 5.18. The Morgan fingerprint density at radius 3 is 2.38 bits per heavy atom. The van der Waals surface area contributed by atoms with Crippen molar-refractivity contribution in [2.24, 2.45) is 13.0 Å². The molecule has 0 atom stereocenters. The third-order valence-corrected chi connectivity index (χ3v) is 7.52. The van der Waals surface area contributed by atoms with Crippen molar-refractivity contribution in [2.45, 2.75) is 58.5 Å². The van der Waals surface area contributed by atoms with Gasteiger partial charge in [0.1, 0.15) is 17.3 Å². The van der Waals surface area contributed by atoms with Gasteiger partial charge in [-0.25, -0.2) is 13.2 Å². The van der Waals surface area contributed by atoms with E-state index in [1.54, 1.807) is 59.1 Å². The molecule has 5 rings (SSSR count).